The highest BCUT2D eigenvalue weighted by molar-refractivity contribution is 9.10. The summed E-state index contributed by atoms with van der Waals surface area (Å²) in [6, 6.07) is 8.19. The van der Waals surface area contributed by atoms with Gasteiger partial charge in [-0.05, 0) is 78.5 Å². The zero-order valence-electron chi connectivity index (χ0n) is 28.9. The number of ketones is 1. The molecule has 0 bridgehead atoms. The van der Waals surface area contributed by atoms with Crippen LogP contribution in [0.15, 0.2) is 52.2 Å². The summed E-state index contributed by atoms with van der Waals surface area (Å²) >= 11 is 3.55. The Bertz CT molecular complexity index is 1720. The van der Waals surface area contributed by atoms with Crippen molar-refractivity contribution >= 4 is 33.8 Å². The summed E-state index contributed by atoms with van der Waals surface area (Å²) in [6.45, 7) is 7.19. The van der Waals surface area contributed by atoms with Gasteiger partial charge in [0.15, 0.2) is 17.3 Å². The molecule has 2 aromatic carbocycles. The van der Waals surface area contributed by atoms with Gasteiger partial charge >= 0.3 is 12.1 Å². The highest BCUT2D eigenvalue weighted by Crippen LogP contribution is 2.37. The van der Waals surface area contributed by atoms with Crippen molar-refractivity contribution in [1.82, 2.24) is 9.13 Å². The third kappa shape index (κ3) is 11.5. The molecule has 1 atom stereocenters. The molecule has 13 nitrogen and oxygen atoms in total. The first kappa shape index (κ1) is 38.7. The molecule has 50 heavy (non-hydrogen) atoms. The molecule has 1 unspecified atom stereocenters. The molecule has 0 saturated carbocycles. The van der Waals surface area contributed by atoms with Crippen LogP contribution in [-0.2, 0) is 48.5 Å². The summed E-state index contributed by atoms with van der Waals surface area (Å²) in [5.74, 6) is -1.04. The lowest BCUT2D eigenvalue weighted by Gasteiger charge is -2.26. The largest absolute Gasteiger partial charge is 0.491 e. The van der Waals surface area contributed by atoms with Gasteiger partial charge in [0, 0.05) is 19.4 Å². The number of carbonyl (C=O) groups excluding carboxylic acids is 3. The number of nitrogens with zero attached hydrogens (tertiary/aromatic N) is 3. The molecule has 3 aromatic rings. The van der Waals surface area contributed by atoms with E-state index in [1.165, 1.54) is 13.2 Å². The van der Waals surface area contributed by atoms with Gasteiger partial charge in [0.1, 0.15) is 24.6 Å². The molecule has 1 aromatic heterocycles. The zero-order valence-corrected chi connectivity index (χ0v) is 30.5. The quantitative estimate of drug-likeness (QED) is 0.150. The summed E-state index contributed by atoms with van der Waals surface area (Å²) in [5, 5.41) is 0. The first-order valence-corrected chi connectivity index (χ1v) is 16.8. The van der Waals surface area contributed by atoms with Crippen LogP contribution in [0.2, 0.25) is 0 Å². The maximum atomic E-state index is 14.6. The number of aromatic nitrogens is 2. The monoisotopic (exact) mass is 763 g/mol. The minimum Gasteiger partial charge on any atom is -0.491 e. The van der Waals surface area contributed by atoms with Crippen molar-refractivity contribution in [2.45, 2.75) is 39.3 Å². The van der Waals surface area contributed by atoms with Gasteiger partial charge in [-0.3, -0.25) is 4.79 Å². The molecule has 0 spiro atoms. The highest BCUT2D eigenvalue weighted by Gasteiger charge is 2.31. The van der Waals surface area contributed by atoms with Crippen LogP contribution in [0.1, 0.15) is 42.3 Å². The van der Waals surface area contributed by atoms with Crippen molar-refractivity contribution in [2.75, 3.05) is 60.0 Å². The Balaban J connectivity index is 1.31. The summed E-state index contributed by atoms with van der Waals surface area (Å²) < 4.78 is 56.1. The molecule has 0 N–H and O–H groups in total. The number of rotatable bonds is 16. The summed E-state index contributed by atoms with van der Waals surface area (Å²) in [7, 11) is 3.06. The number of ether oxygens (including phenoxy) is 7. The van der Waals surface area contributed by atoms with Crippen LogP contribution in [0, 0.1) is 11.7 Å². The average molecular weight is 765 g/mol. The van der Waals surface area contributed by atoms with Gasteiger partial charge < -0.3 is 42.3 Å². The fraction of sp³-hybridized carbons (Fsp3) is 0.486. The fourth-order valence-electron chi connectivity index (χ4n) is 4.98. The Morgan fingerprint density at radius 1 is 1.00 bits per heavy atom. The third-order valence-corrected chi connectivity index (χ3v) is 7.89. The molecule has 0 aliphatic carbocycles. The molecule has 15 heteroatoms. The Kier molecular flexibility index (Phi) is 14.2. The number of aryl methyl sites for hydroxylation is 1. The van der Waals surface area contributed by atoms with Crippen molar-refractivity contribution in [3.8, 4) is 11.5 Å². The standard InChI is InChI=1S/C35H43BrFN3O10/c1-35(2,3)50-34(43)38-33-39(4)8-9-40(33)20-24-17-26-31(42)25(21-49-32(26)27(36)18-24)16-23-6-7-28(37)29(19-23)48-15-14-46-11-10-45-12-13-47-22-30(41)44-5/h6-9,17-19,25H,10-16,20-22H2,1-5H3/b38-33-. The fourth-order valence-corrected chi connectivity index (χ4v) is 5.60. The Labute approximate surface area is 298 Å². The maximum absolute atomic E-state index is 14.6. The molecule has 0 fully saturated rings. The molecule has 1 amide bonds. The summed E-state index contributed by atoms with van der Waals surface area (Å²) in [5.41, 5.74) is 1.65. The number of benzene rings is 2. The zero-order chi connectivity index (χ0) is 36.3. The Hall–Kier alpha value is -4.05. The number of Topliss-reactive ketones (excluding diaryl/α,β-unsaturated/α-hetero) is 1. The van der Waals surface area contributed by atoms with E-state index in [1.807, 2.05) is 6.07 Å². The summed E-state index contributed by atoms with van der Waals surface area (Å²) in [6.07, 6.45) is 3.19. The molecular weight excluding hydrogens is 721 g/mol. The van der Waals surface area contributed by atoms with Gasteiger partial charge in [-0.2, -0.15) is 0 Å². The lowest BCUT2D eigenvalue weighted by atomic mass is 9.89. The van der Waals surface area contributed by atoms with Gasteiger partial charge in [0.25, 0.3) is 0 Å². The lowest BCUT2D eigenvalue weighted by Crippen LogP contribution is -2.30. The van der Waals surface area contributed by atoms with Crippen molar-refractivity contribution < 1.29 is 51.9 Å². The predicted octanol–water partition coefficient (Wildman–Crippen LogP) is 4.65. The smallest absolute Gasteiger partial charge is 0.437 e. The van der Waals surface area contributed by atoms with Crippen LogP contribution < -0.4 is 15.1 Å². The molecule has 0 saturated heterocycles. The first-order valence-electron chi connectivity index (χ1n) is 16.0. The normalized spacial score (nSPS) is 14.7. The molecule has 4 rings (SSSR count). The lowest BCUT2D eigenvalue weighted by molar-refractivity contribution is -0.146. The van der Waals surface area contributed by atoms with E-state index in [0.29, 0.717) is 54.2 Å². The first-order chi connectivity index (χ1) is 23.8. The van der Waals surface area contributed by atoms with E-state index in [2.05, 4.69) is 25.7 Å². The number of methoxy groups -OCH3 is 1. The van der Waals surface area contributed by atoms with E-state index in [-0.39, 0.29) is 44.6 Å². The minimum absolute atomic E-state index is 0.0622. The topological polar surface area (TPSA) is 138 Å². The highest BCUT2D eigenvalue weighted by atomic mass is 79.9. The second-order valence-electron chi connectivity index (χ2n) is 12.4. The van der Waals surface area contributed by atoms with Gasteiger partial charge in [0.05, 0.1) is 69.2 Å². The van der Waals surface area contributed by atoms with Gasteiger partial charge in [-0.15, -0.1) is 4.99 Å². The number of amides is 1. The molecule has 2 heterocycles. The minimum atomic E-state index is -0.701. The second-order valence-corrected chi connectivity index (χ2v) is 13.3. The summed E-state index contributed by atoms with van der Waals surface area (Å²) in [4.78, 5) is 41.3. The average Bonchev–Trinajstić information content (AvgIpc) is 3.39. The molecule has 272 valence electrons. The number of fused-ring (bicyclic) bond motifs is 1. The molecular formula is C35H43BrFN3O10. The van der Waals surface area contributed by atoms with Crippen molar-refractivity contribution in [3.05, 3.63) is 75.3 Å². The Morgan fingerprint density at radius 3 is 2.40 bits per heavy atom. The Morgan fingerprint density at radius 2 is 1.70 bits per heavy atom. The van der Waals surface area contributed by atoms with E-state index in [0.717, 1.165) is 11.1 Å². The van der Waals surface area contributed by atoms with Gasteiger partial charge in [-0.1, -0.05) is 6.07 Å². The van der Waals surface area contributed by atoms with E-state index in [1.54, 1.807) is 67.5 Å². The van der Waals surface area contributed by atoms with Crippen LogP contribution in [0.3, 0.4) is 0 Å². The maximum Gasteiger partial charge on any atom is 0.437 e. The predicted molar refractivity (Wildman–Crippen MR) is 182 cm³/mol. The number of esters is 1. The second kappa shape index (κ2) is 18.3. The van der Waals surface area contributed by atoms with Crippen LogP contribution in [0.25, 0.3) is 0 Å². The SMILES string of the molecule is COC(=O)COCCOCCOCCOc1cc(CC2COc3c(Br)cc(Cn4ccn(C)/c4=N/C(=O)OC(C)(C)C)cc3C2=O)ccc1F. The van der Waals surface area contributed by atoms with Gasteiger partial charge in [0.2, 0.25) is 5.62 Å². The molecule has 1 aliphatic heterocycles. The van der Waals surface area contributed by atoms with E-state index in [9.17, 15) is 18.8 Å². The van der Waals surface area contributed by atoms with Crippen molar-refractivity contribution in [2.24, 2.45) is 18.0 Å². The number of hydrogen-bond acceptors (Lipinski definition) is 10. The van der Waals surface area contributed by atoms with Crippen LogP contribution in [0.4, 0.5) is 9.18 Å². The number of hydrogen-bond donors (Lipinski definition) is 0. The third-order valence-electron chi connectivity index (χ3n) is 7.30. The van der Waals surface area contributed by atoms with Crippen molar-refractivity contribution in [3.63, 3.8) is 0 Å². The number of imidazole rings is 1. The van der Waals surface area contributed by atoms with Crippen LogP contribution in [-0.4, -0.2) is 92.5 Å². The van der Waals surface area contributed by atoms with Crippen LogP contribution in [0.5, 0.6) is 11.5 Å². The van der Waals surface area contributed by atoms with E-state index >= 15 is 0 Å². The van der Waals surface area contributed by atoms with Gasteiger partial charge in [-0.25, -0.2) is 14.0 Å². The number of carbonyl (C=O) groups is 3. The van der Waals surface area contributed by atoms with E-state index in [4.69, 9.17) is 28.4 Å². The van der Waals surface area contributed by atoms with E-state index < -0.39 is 29.4 Å². The molecule has 0 radical (unpaired) electrons. The van der Waals surface area contributed by atoms with Crippen LogP contribution >= 0.6 is 15.9 Å². The molecule has 1 aliphatic rings. The number of halogens is 2. The van der Waals surface area contributed by atoms with Crippen molar-refractivity contribution in [1.29, 1.82) is 0 Å².